The first-order valence-corrected chi connectivity index (χ1v) is 18.3. The molecule has 11 rings (SSSR count). The van der Waals surface area contributed by atoms with Gasteiger partial charge in [0.05, 0.1) is 45.6 Å². The number of thiophene rings is 1. The Morgan fingerprint density at radius 3 is 2.09 bits per heavy atom. The highest BCUT2D eigenvalue weighted by molar-refractivity contribution is 7.26. The minimum atomic E-state index is 0.481. The maximum absolute atomic E-state index is 11.0. The first kappa shape index (κ1) is 29.5. The lowest BCUT2D eigenvalue weighted by Crippen LogP contribution is -2.02. The molecule has 0 radical (unpaired) electrons. The van der Waals surface area contributed by atoms with Gasteiger partial charge in [-0.15, -0.1) is 11.3 Å². The molecule has 0 N–H and O–H groups in total. The average Bonchev–Trinajstić information content (AvgIpc) is 3.88. The first-order valence-electron chi connectivity index (χ1n) is 17.5. The van der Waals surface area contributed by atoms with Crippen molar-refractivity contribution in [2.75, 3.05) is 0 Å². The van der Waals surface area contributed by atoms with Crippen LogP contribution in [0.2, 0.25) is 0 Å². The van der Waals surface area contributed by atoms with Gasteiger partial charge in [-0.3, -0.25) is 0 Å². The van der Waals surface area contributed by atoms with E-state index >= 15 is 0 Å². The van der Waals surface area contributed by atoms with Gasteiger partial charge in [-0.2, -0.15) is 5.26 Å². The highest BCUT2D eigenvalue weighted by Crippen LogP contribution is 2.46. The minimum absolute atomic E-state index is 0.481. The Morgan fingerprint density at radius 2 is 1.25 bits per heavy atom. The molecule has 0 aliphatic heterocycles. The summed E-state index contributed by atoms with van der Waals surface area (Å²) in [5.41, 5.74) is 8.68. The van der Waals surface area contributed by atoms with Crippen LogP contribution in [0.1, 0.15) is 5.56 Å². The number of aromatic nitrogens is 2. The van der Waals surface area contributed by atoms with E-state index in [1.807, 2.05) is 24.3 Å². The second-order valence-corrected chi connectivity index (χ2v) is 14.6. The third kappa shape index (κ3) is 4.14. The quantitative estimate of drug-likeness (QED) is 0.170. The summed E-state index contributed by atoms with van der Waals surface area (Å²) in [6.07, 6.45) is 0. The SMILES string of the molecule is [C-]#[N+]c1cc(-n2c3ccc(-c4ccccc4)cc3c3c4ccccc4ccc32)c(C#N)cc1-n1c2ccccc2c2ccc3sc4ccccc4c3c21. The van der Waals surface area contributed by atoms with Crippen molar-refractivity contribution >= 4 is 91.6 Å². The third-order valence-electron chi connectivity index (χ3n) is 10.8. The van der Waals surface area contributed by atoms with E-state index in [0.717, 1.165) is 65.5 Å². The van der Waals surface area contributed by atoms with Crippen molar-refractivity contribution in [2.45, 2.75) is 0 Å². The standard InChI is InChI=1S/C48H26N4S/c1-50-38-27-42(51-40-22-20-31(29-11-3-2-4-12-29)25-37(40)46-33-14-6-5-13-30(33)19-23-41(46)51)32(28-49)26-43(38)52-39-17-9-7-15-34(39)35-21-24-45-47(48(35)52)36-16-8-10-18-44(36)53-45/h2-27H. The molecule has 0 saturated carbocycles. The number of nitriles is 1. The van der Waals surface area contributed by atoms with E-state index in [1.54, 1.807) is 11.3 Å². The topological polar surface area (TPSA) is 38.0 Å². The highest BCUT2D eigenvalue weighted by Gasteiger charge is 2.23. The van der Waals surface area contributed by atoms with Crippen molar-refractivity contribution in [1.29, 1.82) is 5.26 Å². The van der Waals surface area contributed by atoms with Crippen LogP contribution in [-0.4, -0.2) is 9.13 Å². The average molecular weight is 691 g/mol. The summed E-state index contributed by atoms with van der Waals surface area (Å²) >= 11 is 1.78. The number of hydrogen-bond donors (Lipinski definition) is 0. The molecule has 53 heavy (non-hydrogen) atoms. The van der Waals surface area contributed by atoms with Crippen molar-refractivity contribution in [1.82, 2.24) is 9.13 Å². The Morgan fingerprint density at radius 1 is 0.509 bits per heavy atom. The van der Waals surface area contributed by atoms with Gasteiger partial charge in [0, 0.05) is 41.7 Å². The molecule has 11 aromatic rings. The Bertz CT molecular complexity index is 3420. The van der Waals surface area contributed by atoms with Crippen molar-refractivity contribution in [3.8, 4) is 28.6 Å². The molecule has 8 aromatic carbocycles. The summed E-state index contributed by atoms with van der Waals surface area (Å²) in [6.45, 7) is 8.60. The molecule has 0 unspecified atom stereocenters. The Balaban J connectivity index is 1.25. The van der Waals surface area contributed by atoms with Crippen LogP contribution in [0.3, 0.4) is 0 Å². The smallest absolute Gasteiger partial charge is 0.212 e. The van der Waals surface area contributed by atoms with Crippen molar-refractivity contribution < 1.29 is 0 Å². The Labute approximate surface area is 308 Å². The van der Waals surface area contributed by atoms with Crippen LogP contribution in [0.4, 0.5) is 5.69 Å². The van der Waals surface area contributed by atoms with Crippen LogP contribution >= 0.6 is 11.3 Å². The van der Waals surface area contributed by atoms with E-state index < -0.39 is 0 Å². The fourth-order valence-electron chi connectivity index (χ4n) is 8.48. The summed E-state index contributed by atoms with van der Waals surface area (Å²) < 4.78 is 6.81. The fourth-order valence-corrected chi connectivity index (χ4v) is 9.59. The molecular formula is C48H26N4S. The fraction of sp³-hybridized carbons (Fsp3) is 0. The maximum Gasteiger partial charge on any atom is 0.212 e. The van der Waals surface area contributed by atoms with E-state index in [-0.39, 0.29) is 0 Å². The molecular weight excluding hydrogens is 665 g/mol. The van der Waals surface area contributed by atoms with Crippen LogP contribution in [0.5, 0.6) is 0 Å². The Kier molecular flexibility index (Phi) is 6.22. The Hall–Kier alpha value is -7.18. The zero-order valence-electron chi connectivity index (χ0n) is 28.2. The molecule has 0 amide bonds. The van der Waals surface area contributed by atoms with Crippen LogP contribution in [-0.2, 0) is 0 Å². The minimum Gasteiger partial charge on any atom is -0.318 e. The maximum atomic E-state index is 11.0. The molecule has 5 heteroatoms. The molecule has 3 heterocycles. The van der Waals surface area contributed by atoms with E-state index in [0.29, 0.717) is 22.6 Å². The molecule has 4 nitrogen and oxygen atoms in total. The van der Waals surface area contributed by atoms with Crippen LogP contribution in [0.25, 0.3) is 102 Å². The molecule has 0 spiro atoms. The molecule has 0 fully saturated rings. The molecule has 0 bridgehead atoms. The lowest BCUT2D eigenvalue weighted by Gasteiger charge is -2.16. The number of fused-ring (bicyclic) bond motifs is 12. The molecule has 0 aliphatic carbocycles. The summed E-state index contributed by atoms with van der Waals surface area (Å²) in [5.74, 6) is 0. The van der Waals surface area contributed by atoms with E-state index in [2.05, 4.69) is 154 Å². The second kappa shape index (κ2) is 11.2. The molecule has 3 aromatic heterocycles. The van der Waals surface area contributed by atoms with Gasteiger partial charge in [0.1, 0.15) is 6.07 Å². The normalized spacial score (nSPS) is 11.7. The summed E-state index contributed by atoms with van der Waals surface area (Å²) in [5, 5.41) is 20.1. The van der Waals surface area contributed by atoms with Crippen molar-refractivity contribution in [3.05, 3.63) is 175 Å². The number of hydrogen-bond acceptors (Lipinski definition) is 2. The van der Waals surface area contributed by atoms with Crippen molar-refractivity contribution in [2.24, 2.45) is 0 Å². The predicted octanol–water partition coefficient (Wildman–Crippen LogP) is 13.5. The lowest BCUT2D eigenvalue weighted by atomic mass is 10.0. The van der Waals surface area contributed by atoms with Gasteiger partial charge in [-0.05, 0) is 70.4 Å². The van der Waals surface area contributed by atoms with Crippen LogP contribution < -0.4 is 0 Å². The predicted molar refractivity (Wildman–Crippen MR) is 222 cm³/mol. The largest absolute Gasteiger partial charge is 0.318 e. The van der Waals surface area contributed by atoms with Gasteiger partial charge >= 0.3 is 0 Å². The highest BCUT2D eigenvalue weighted by atomic mass is 32.1. The van der Waals surface area contributed by atoms with Gasteiger partial charge in [-0.25, -0.2) is 4.85 Å². The van der Waals surface area contributed by atoms with E-state index in [4.69, 9.17) is 6.57 Å². The summed E-state index contributed by atoms with van der Waals surface area (Å²) in [6, 6.07) is 57.5. The number of para-hydroxylation sites is 1. The third-order valence-corrected chi connectivity index (χ3v) is 11.9. The summed E-state index contributed by atoms with van der Waals surface area (Å²) in [4.78, 5) is 4.19. The monoisotopic (exact) mass is 690 g/mol. The van der Waals surface area contributed by atoms with Crippen LogP contribution in [0, 0.1) is 17.9 Å². The van der Waals surface area contributed by atoms with Crippen LogP contribution in [0.15, 0.2) is 158 Å². The number of benzene rings is 8. The van der Waals surface area contributed by atoms with Gasteiger partial charge in [0.25, 0.3) is 0 Å². The molecule has 0 aliphatic rings. The second-order valence-electron chi connectivity index (χ2n) is 13.5. The zero-order chi connectivity index (χ0) is 35.2. The first-order chi connectivity index (χ1) is 26.2. The number of nitrogens with zero attached hydrogens (tertiary/aromatic N) is 4. The molecule has 0 atom stereocenters. The van der Waals surface area contributed by atoms with Gasteiger partial charge in [0.2, 0.25) is 5.69 Å². The lowest BCUT2D eigenvalue weighted by molar-refractivity contribution is 1.14. The van der Waals surface area contributed by atoms with Gasteiger partial charge < -0.3 is 9.13 Å². The van der Waals surface area contributed by atoms with Gasteiger partial charge in [-0.1, -0.05) is 109 Å². The molecule has 244 valence electrons. The summed E-state index contributed by atoms with van der Waals surface area (Å²) in [7, 11) is 0. The zero-order valence-corrected chi connectivity index (χ0v) is 29.0. The van der Waals surface area contributed by atoms with Gasteiger partial charge in [0.15, 0.2) is 0 Å². The number of rotatable bonds is 3. The van der Waals surface area contributed by atoms with E-state index in [9.17, 15) is 5.26 Å². The van der Waals surface area contributed by atoms with E-state index in [1.165, 1.54) is 20.2 Å². The van der Waals surface area contributed by atoms with Crippen molar-refractivity contribution in [3.63, 3.8) is 0 Å². The molecule has 0 saturated heterocycles.